The standard InChI is InChI=1S/C14H23N3O/c1-10-7-12(9-15)8-14(16-10)17-5-3-13(4-6-17)11(2)18/h7-8,11,13,18H,3-6,9,15H2,1-2H3. The predicted molar refractivity (Wildman–Crippen MR) is 73.5 cm³/mol. The van der Waals surface area contributed by atoms with Crippen molar-refractivity contribution in [2.24, 2.45) is 11.7 Å². The summed E-state index contributed by atoms with van der Waals surface area (Å²) in [6.45, 7) is 6.38. The fourth-order valence-electron chi connectivity index (χ4n) is 2.61. The van der Waals surface area contributed by atoms with Gasteiger partial charge < -0.3 is 15.7 Å². The third-order valence-electron chi connectivity index (χ3n) is 3.78. The molecule has 1 aromatic heterocycles. The van der Waals surface area contributed by atoms with E-state index in [1.165, 1.54) is 0 Å². The first-order chi connectivity index (χ1) is 8.60. The average molecular weight is 249 g/mol. The monoisotopic (exact) mass is 249 g/mol. The number of aliphatic hydroxyl groups is 1. The lowest BCUT2D eigenvalue weighted by atomic mass is 9.92. The Kier molecular flexibility index (Phi) is 4.19. The number of piperidine rings is 1. The van der Waals surface area contributed by atoms with E-state index in [0.29, 0.717) is 12.5 Å². The fourth-order valence-corrected chi connectivity index (χ4v) is 2.61. The molecule has 4 heteroatoms. The van der Waals surface area contributed by atoms with E-state index in [2.05, 4.69) is 16.0 Å². The van der Waals surface area contributed by atoms with Crippen LogP contribution in [0, 0.1) is 12.8 Å². The van der Waals surface area contributed by atoms with Crippen molar-refractivity contribution in [2.75, 3.05) is 18.0 Å². The molecule has 0 aliphatic carbocycles. The lowest BCUT2D eigenvalue weighted by molar-refractivity contribution is 0.110. The van der Waals surface area contributed by atoms with Crippen LogP contribution in [0.5, 0.6) is 0 Å². The van der Waals surface area contributed by atoms with E-state index < -0.39 is 0 Å². The molecule has 0 bridgehead atoms. The van der Waals surface area contributed by atoms with Crippen molar-refractivity contribution in [1.82, 2.24) is 4.98 Å². The number of hydrogen-bond acceptors (Lipinski definition) is 4. The van der Waals surface area contributed by atoms with E-state index >= 15 is 0 Å². The molecule has 0 saturated carbocycles. The van der Waals surface area contributed by atoms with Crippen LogP contribution in [0.3, 0.4) is 0 Å². The van der Waals surface area contributed by atoms with Gasteiger partial charge in [-0.05, 0) is 50.3 Å². The minimum atomic E-state index is -0.197. The molecule has 1 unspecified atom stereocenters. The average Bonchev–Trinajstić information content (AvgIpc) is 2.38. The van der Waals surface area contributed by atoms with Gasteiger partial charge in [0, 0.05) is 25.3 Å². The third kappa shape index (κ3) is 3.00. The summed E-state index contributed by atoms with van der Waals surface area (Å²) in [6.07, 6.45) is 1.87. The second kappa shape index (κ2) is 5.67. The van der Waals surface area contributed by atoms with E-state index in [-0.39, 0.29) is 6.10 Å². The van der Waals surface area contributed by atoms with Crippen LogP contribution in [0.1, 0.15) is 31.0 Å². The highest BCUT2D eigenvalue weighted by atomic mass is 16.3. The van der Waals surface area contributed by atoms with Gasteiger partial charge in [-0.3, -0.25) is 0 Å². The second-order valence-electron chi connectivity index (χ2n) is 5.24. The maximum Gasteiger partial charge on any atom is 0.129 e. The molecule has 4 nitrogen and oxygen atoms in total. The summed E-state index contributed by atoms with van der Waals surface area (Å²) in [7, 11) is 0. The zero-order valence-corrected chi connectivity index (χ0v) is 11.3. The number of anilines is 1. The SMILES string of the molecule is Cc1cc(CN)cc(N2CCC(C(C)O)CC2)n1. The third-order valence-corrected chi connectivity index (χ3v) is 3.78. The van der Waals surface area contributed by atoms with Gasteiger partial charge in [0.2, 0.25) is 0 Å². The van der Waals surface area contributed by atoms with Crippen molar-refractivity contribution in [3.8, 4) is 0 Å². The van der Waals surface area contributed by atoms with E-state index in [4.69, 9.17) is 5.73 Å². The van der Waals surface area contributed by atoms with Crippen LogP contribution >= 0.6 is 0 Å². The molecule has 0 amide bonds. The van der Waals surface area contributed by atoms with E-state index in [9.17, 15) is 5.11 Å². The number of pyridine rings is 1. The van der Waals surface area contributed by atoms with E-state index in [1.807, 2.05) is 19.9 Å². The number of aliphatic hydroxyl groups excluding tert-OH is 1. The van der Waals surface area contributed by atoms with Crippen LogP contribution in [0.25, 0.3) is 0 Å². The summed E-state index contributed by atoms with van der Waals surface area (Å²) in [6, 6.07) is 4.11. The molecule has 1 aliphatic rings. The highest BCUT2D eigenvalue weighted by Gasteiger charge is 2.23. The Morgan fingerprint density at radius 3 is 2.67 bits per heavy atom. The maximum atomic E-state index is 9.61. The lowest BCUT2D eigenvalue weighted by Crippen LogP contribution is -2.37. The molecule has 0 aromatic carbocycles. The summed E-state index contributed by atoms with van der Waals surface area (Å²) in [5.74, 6) is 1.46. The van der Waals surface area contributed by atoms with Crippen LogP contribution in [0.2, 0.25) is 0 Å². The van der Waals surface area contributed by atoms with Crippen molar-refractivity contribution in [2.45, 2.75) is 39.3 Å². The zero-order valence-electron chi connectivity index (χ0n) is 11.3. The lowest BCUT2D eigenvalue weighted by Gasteiger charge is -2.34. The number of nitrogens with two attached hydrogens (primary N) is 1. The Balaban J connectivity index is 2.07. The van der Waals surface area contributed by atoms with Crippen molar-refractivity contribution in [3.63, 3.8) is 0 Å². The molecule has 18 heavy (non-hydrogen) atoms. The van der Waals surface area contributed by atoms with Gasteiger partial charge in [-0.2, -0.15) is 0 Å². The molecule has 2 rings (SSSR count). The van der Waals surface area contributed by atoms with Crippen molar-refractivity contribution in [3.05, 3.63) is 23.4 Å². The van der Waals surface area contributed by atoms with Gasteiger partial charge >= 0.3 is 0 Å². The predicted octanol–water partition coefficient (Wildman–Crippen LogP) is 1.45. The molecular weight excluding hydrogens is 226 g/mol. The normalized spacial score (nSPS) is 19.0. The van der Waals surface area contributed by atoms with Crippen LogP contribution in [-0.4, -0.2) is 29.3 Å². The maximum absolute atomic E-state index is 9.61. The number of nitrogens with zero attached hydrogens (tertiary/aromatic N) is 2. The highest BCUT2D eigenvalue weighted by Crippen LogP contribution is 2.24. The molecule has 1 aliphatic heterocycles. The van der Waals surface area contributed by atoms with Crippen LogP contribution in [0.4, 0.5) is 5.82 Å². The zero-order chi connectivity index (χ0) is 13.1. The van der Waals surface area contributed by atoms with Gasteiger partial charge in [-0.1, -0.05) is 0 Å². The molecule has 0 radical (unpaired) electrons. The first-order valence-corrected chi connectivity index (χ1v) is 6.71. The van der Waals surface area contributed by atoms with Crippen LogP contribution in [-0.2, 0) is 6.54 Å². The Labute approximate surface area is 109 Å². The van der Waals surface area contributed by atoms with Crippen molar-refractivity contribution < 1.29 is 5.11 Å². The minimum Gasteiger partial charge on any atom is -0.393 e. The van der Waals surface area contributed by atoms with Crippen molar-refractivity contribution in [1.29, 1.82) is 0 Å². The van der Waals surface area contributed by atoms with Gasteiger partial charge in [-0.25, -0.2) is 4.98 Å². The summed E-state index contributed by atoms with van der Waals surface area (Å²) in [5.41, 5.74) is 7.85. The van der Waals surface area contributed by atoms with Crippen molar-refractivity contribution >= 4 is 5.82 Å². The Morgan fingerprint density at radius 2 is 2.11 bits per heavy atom. The van der Waals surface area contributed by atoms with Gasteiger partial charge in [0.15, 0.2) is 0 Å². The summed E-state index contributed by atoms with van der Waals surface area (Å²) in [4.78, 5) is 6.88. The van der Waals surface area contributed by atoms with E-state index in [0.717, 1.165) is 43.0 Å². The minimum absolute atomic E-state index is 0.197. The van der Waals surface area contributed by atoms with Gasteiger partial charge in [0.05, 0.1) is 6.10 Å². The molecule has 1 saturated heterocycles. The number of aryl methyl sites for hydroxylation is 1. The number of rotatable bonds is 3. The Hall–Kier alpha value is -1.13. The summed E-state index contributed by atoms with van der Waals surface area (Å²) in [5, 5.41) is 9.61. The smallest absolute Gasteiger partial charge is 0.129 e. The topological polar surface area (TPSA) is 62.4 Å². The molecule has 2 heterocycles. The summed E-state index contributed by atoms with van der Waals surface area (Å²) < 4.78 is 0. The Bertz CT molecular complexity index is 398. The van der Waals surface area contributed by atoms with Gasteiger partial charge in [0.25, 0.3) is 0 Å². The molecule has 1 aromatic rings. The molecule has 1 fully saturated rings. The number of aromatic nitrogens is 1. The highest BCUT2D eigenvalue weighted by molar-refractivity contribution is 5.43. The quantitative estimate of drug-likeness (QED) is 0.851. The van der Waals surface area contributed by atoms with E-state index in [1.54, 1.807) is 0 Å². The fraction of sp³-hybridized carbons (Fsp3) is 0.643. The summed E-state index contributed by atoms with van der Waals surface area (Å²) >= 11 is 0. The van der Waals surface area contributed by atoms with Crippen LogP contribution < -0.4 is 10.6 Å². The van der Waals surface area contributed by atoms with Gasteiger partial charge in [-0.15, -0.1) is 0 Å². The van der Waals surface area contributed by atoms with Crippen LogP contribution in [0.15, 0.2) is 12.1 Å². The second-order valence-corrected chi connectivity index (χ2v) is 5.24. The first-order valence-electron chi connectivity index (χ1n) is 6.71. The van der Waals surface area contributed by atoms with Gasteiger partial charge in [0.1, 0.15) is 5.82 Å². The molecule has 3 N–H and O–H groups in total. The molecular formula is C14H23N3O. The molecule has 100 valence electrons. The first kappa shape index (κ1) is 13.3. The largest absolute Gasteiger partial charge is 0.393 e. The Morgan fingerprint density at radius 1 is 1.44 bits per heavy atom. The number of hydrogen-bond donors (Lipinski definition) is 2. The molecule has 1 atom stereocenters. The molecule has 0 spiro atoms.